The lowest BCUT2D eigenvalue weighted by molar-refractivity contribution is -0.120. The van der Waals surface area contributed by atoms with Crippen LogP contribution in [0.4, 0.5) is 5.69 Å². The first-order valence-electron chi connectivity index (χ1n) is 14.4. The largest absolute Gasteiger partial charge is 0.501 e. The van der Waals surface area contributed by atoms with Gasteiger partial charge >= 0.3 is 7.60 Å². The molecule has 4 aliphatic rings. The molecule has 6 atom stereocenters. The molecule has 0 aliphatic heterocycles. The Morgan fingerprint density at radius 2 is 1.77 bits per heavy atom. The van der Waals surface area contributed by atoms with Crippen molar-refractivity contribution in [1.29, 1.82) is 0 Å². The molecule has 0 saturated heterocycles. The average molecular weight is 556 g/mol. The third-order valence-corrected chi connectivity index (χ3v) is 13.2. The van der Waals surface area contributed by atoms with Crippen LogP contribution in [0.15, 0.2) is 65.3 Å². The summed E-state index contributed by atoms with van der Waals surface area (Å²) in [5, 5.41) is 12.3. The summed E-state index contributed by atoms with van der Waals surface area (Å²) >= 11 is 0. The van der Waals surface area contributed by atoms with E-state index in [1.54, 1.807) is 7.11 Å². The minimum atomic E-state index is -3.56. The van der Waals surface area contributed by atoms with Gasteiger partial charge in [0.2, 0.25) is 0 Å². The molecule has 0 amide bonds. The van der Waals surface area contributed by atoms with E-state index < -0.39 is 13.2 Å². The normalized spacial score (nSPS) is 36.3. The van der Waals surface area contributed by atoms with E-state index in [-0.39, 0.29) is 10.8 Å². The van der Waals surface area contributed by atoms with Gasteiger partial charge in [-0.15, -0.1) is 0 Å². The molecule has 214 valence electrons. The zero-order valence-electron chi connectivity index (χ0n) is 24.5. The number of hydrogen-bond acceptors (Lipinski definition) is 6. The molecule has 0 heterocycles. The topological polar surface area (TPSA) is 68.2 Å². The van der Waals surface area contributed by atoms with Crippen molar-refractivity contribution in [2.45, 2.75) is 70.8 Å². The Kier molecular flexibility index (Phi) is 7.74. The minimum Gasteiger partial charge on any atom is -0.501 e. The van der Waals surface area contributed by atoms with Gasteiger partial charge in [-0.25, -0.2) is 0 Å². The van der Waals surface area contributed by atoms with Crippen LogP contribution in [0.3, 0.4) is 0 Å². The molecule has 2 fully saturated rings. The fourth-order valence-corrected chi connectivity index (χ4v) is 9.97. The van der Waals surface area contributed by atoms with Gasteiger partial charge in [-0.3, -0.25) is 4.57 Å². The molecule has 0 radical (unpaired) electrons. The maximum absolute atomic E-state index is 13.7. The fraction of sp³-hybridized carbons (Fsp3) is 0.625. The van der Waals surface area contributed by atoms with Crippen molar-refractivity contribution >= 4 is 13.3 Å². The molecule has 4 aliphatic carbocycles. The number of para-hydroxylation sites is 1. The van der Waals surface area contributed by atoms with Crippen LogP contribution in [-0.2, 0) is 18.3 Å². The summed E-state index contributed by atoms with van der Waals surface area (Å²) in [7, 11) is 2.93. The Balaban J connectivity index is 1.44. The van der Waals surface area contributed by atoms with Crippen molar-refractivity contribution in [2.75, 3.05) is 33.3 Å². The highest BCUT2D eigenvalue weighted by atomic mass is 31.2. The second-order valence-corrected chi connectivity index (χ2v) is 14.7. The predicted molar refractivity (Wildman–Crippen MR) is 156 cm³/mol. The van der Waals surface area contributed by atoms with Crippen molar-refractivity contribution in [3.8, 4) is 0 Å². The van der Waals surface area contributed by atoms with Crippen LogP contribution in [0, 0.1) is 28.6 Å². The Morgan fingerprint density at radius 3 is 2.44 bits per heavy atom. The maximum Gasteiger partial charge on any atom is 0.376 e. The van der Waals surface area contributed by atoms with E-state index in [9.17, 15) is 9.67 Å². The number of methoxy groups -OCH3 is 1. The van der Waals surface area contributed by atoms with Crippen LogP contribution >= 0.6 is 7.60 Å². The summed E-state index contributed by atoms with van der Waals surface area (Å²) in [4.78, 5) is 1.86. The molecular formula is C32H46NO5P. The molecule has 0 spiro atoms. The number of aliphatic hydroxyl groups is 1. The van der Waals surface area contributed by atoms with E-state index >= 15 is 0 Å². The van der Waals surface area contributed by atoms with Crippen molar-refractivity contribution in [3.05, 3.63) is 65.3 Å². The maximum atomic E-state index is 13.7. The number of fused-ring (bicyclic) bond motifs is 5. The van der Waals surface area contributed by atoms with Gasteiger partial charge in [0.1, 0.15) is 5.44 Å². The molecule has 5 rings (SSSR count). The standard InChI is InChI=1S/C32H46NO5P/c1-30-18-14-25(36-4)22-23(30)12-13-26-27(30)15-19-31(2)28(26)16-20-32(31,34)21-17-29(39(35,37-5)38-6)33(3)24-10-8-7-9-11-24/h7-12,17,22,26-28,34H,13-16,18-21H2,1-6H3/t26-,27+,28+,30+,31+,32-/m1/s1. The number of allylic oxidation sites excluding steroid dienone is 4. The van der Waals surface area contributed by atoms with Crippen molar-refractivity contribution in [2.24, 2.45) is 28.6 Å². The number of benzene rings is 1. The van der Waals surface area contributed by atoms with Crippen LogP contribution in [0.1, 0.15) is 65.2 Å². The highest BCUT2D eigenvalue weighted by Crippen LogP contribution is 2.68. The molecule has 0 aromatic heterocycles. The highest BCUT2D eigenvalue weighted by Gasteiger charge is 2.63. The zero-order chi connectivity index (χ0) is 28.1. The number of nitrogens with zero attached hydrogens (tertiary/aromatic N) is 1. The number of ether oxygens (including phenoxy) is 1. The van der Waals surface area contributed by atoms with Gasteiger partial charge in [0.05, 0.1) is 18.5 Å². The molecular weight excluding hydrogens is 509 g/mol. The smallest absolute Gasteiger partial charge is 0.376 e. The Bertz CT molecular complexity index is 1200. The second-order valence-electron chi connectivity index (χ2n) is 12.6. The van der Waals surface area contributed by atoms with Gasteiger partial charge in [0.25, 0.3) is 0 Å². The lowest BCUT2D eigenvalue weighted by Gasteiger charge is -2.58. The Labute approximate surface area is 234 Å². The molecule has 2 saturated carbocycles. The van der Waals surface area contributed by atoms with Crippen LogP contribution in [-0.4, -0.2) is 39.1 Å². The van der Waals surface area contributed by atoms with Gasteiger partial charge in [-0.1, -0.05) is 38.1 Å². The molecule has 0 unspecified atom stereocenters. The quantitative estimate of drug-likeness (QED) is 0.332. The molecule has 39 heavy (non-hydrogen) atoms. The fourth-order valence-electron chi connectivity index (χ4n) is 8.64. The van der Waals surface area contributed by atoms with E-state index in [2.05, 4.69) is 26.0 Å². The zero-order valence-corrected chi connectivity index (χ0v) is 25.4. The third-order valence-electron chi connectivity index (χ3n) is 11.2. The van der Waals surface area contributed by atoms with Crippen LogP contribution in [0.25, 0.3) is 0 Å². The summed E-state index contributed by atoms with van der Waals surface area (Å²) < 4.78 is 30.2. The lowest BCUT2D eigenvalue weighted by atomic mass is 9.47. The van der Waals surface area contributed by atoms with Crippen LogP contribution < -0.4 is 4.90 Å². The first kappa shape index (κ1) is 28.7. The predicted octanol–water partition coefficient (Wildman–Crippen LogP) is 7.67. The summed E-state index contributed by atoms with van der Waals surface area (Å²) in [5.41, 5.74) is 1.91. The summed E-state index contributed by atoms with van der Waals surface area (Å²) in [5.74, 6) is 2.76. The van der Waals surface area contributed by atoms with Crippen molar-refractivity contribution in [1.82, 2.24) is 0 Å². The van der Waals surface area contributed by atoms with Crippen molar-refractivity contribution in [3.63, 3.8) is 0 Å². The number of rotatable bonds is 8. The van der Waals surface area contributed by atoms with Crippen LogP contribution in [0.2, 0.25) is 0 Å². The molecule has 1 aromatic rings. The first-order valence-corrected chi connectivity index (χ1v) is 16.0. The average Bonchev–Trinajstić information content (AvgIpc) is 3.23. The second kappa shape index (κ2) is 10.5. The number of hydrogen-bond donors (Lipinski definition) is 1. The van der Waals surface area contributed by atoms with Gasteiger partial charge in [0.15, 0.2) is 0 Å². The van der Waals surface area contributed by atoms with Gasteiger partial charge in [-0.05, 0) is 103 Å². The van der Waals surface area contributed by atoms with E-state index in [0.717, 1.165) is 56.4 Å². The highest BCUT2D eigenvalue weighted by molar-refractivity contribution is 7.58. The van der Waals surface area contributed by atoms with Gasteiger partial charge in [0, 0.05) is 33.4 Å². The molecule has 1 aromatic carbocycles. The van der Waals surface area contributed by atoms with Crippen molar-refractivity contribution < 1.29 is 23.5 Å². The third kappa shape index (κ3) is 4.56. The first-order chi connectivity index (χ1) is 18.5. The van der Waals surface area contributed by atoms with Crippen LogP contribution in [0.5, 0.6) is 0 Å². The molecule has 1 N–H and O–H groups in total. The Morgan fingerprint density at radius 1 is 1.08 bits per heavy atom. The summed E-state index contributed by atoms with van der Waals surface area (Å²) in [6.45, 7) is 4.77. The summed E-state index contributed by atoms with van der Waals surface area (Å²) in [6, 6.07) is 9.79. The Hall–Kier alpha value is -1.85. The number of anilines is 1. The van der Waals surface area contributed by atoms with Gasteiger partial charge in [-0.2, -0.15) is 0 Å². The monoisotopic (exact) mass is 555 g/mol. The SMILES string of the molecule is COC1=CC2=CC[C@@H]3[C@H](CC[C@@]4(C)[C@H]3CC[C@@]4(O)CC=C(N(C)c3ccccc3)P(=O)(OC)OC)[C@@]2(C)CC1. The van der Waals surface area contributed by atoms with Gasteiger partial charge < -0.3 is 23.8 Å². The molecule has 0 bridgehead atoms. The van der Waals surface area contributed by atoms with E-state index in [4.69, 9.17) is 13.8 Å². The van der Waals surface area contributed by atoms with E-state index in [0.29, 0.717) is 29.6 Å². The van der Waals surface area contributed by atoms with E-state index in [1.807, 2.05) is 48.4 Å². The minimum absolute atomic E-state index is 0.183. The summed E-state index contributed by atoms with van der Waals surface area (Å²) in [6.07, 6.45) is 14.2. The molecule has 6 nitrogen and oxygen atoms in total. The van der Waals surface area contributed by atoms with E-state index in [1.165, 1.54) is 19.8 Å². The lowest BCUT2D eigenvalue weighted by Crippen LogP contribution is -2.54. The molecule has 7 heteroatoms.